The van der Waals surface area contributed by atoms with Gasteiger partial charge in [-0.05, 0) is 45.4 Å². The Kier molecular flexibility index (Phi) is 9.77. The summed E-state index contributed by atoms with van der Waals surface area (Å²) in [5.41, 5.74) is -0.664. The van der Waals surface area contributed by atoms with E-state index in [0.29, 0.717) is 32.4 Å². The summed E-state index contributed by atoms with van der Waals surface area (Å²) in [5, 5.41) is 14.6. The molecule has 3 N–H and O–H groups in total. The fourth-order valence-corrected chi connectivity index (χ4v) is 3.46. The van der Waals surface area contributed by atoms with Crippen LogP contribution in [0.15, 0.2) is 0 Å². The Bertz CT molecular complexity index is 650. The van der Waals surface area contributed by atoms with E-state index in [1.807, 2.05) is 13.8 Å². The minimum absolute atomic E-state index is 0.0802. The summed E-state index contributed by atoms with van der Waals surface area (Å²) in [4.78, 5) is 50.8. The number of ether oxygens (including phenoxy) is 1. The standard InChI is InChI=1S/C22H39N3O6/c1-8-14(4)17(24-21(30)31-22(5,6)7)19(27)25-11-9-15(10-12-25)18(26)23-16(13(2)3)20(28)29/h13-17H,8-12H2,1-7H3,(H,23,26)(H,24,30)(H,28,29)/t14-,16+,17+/m1/s1. The molecule has 0 aromatic rings. The van der Waals surface area contributed by atoms with E-state index in [-0.39, 0.29) is 29.6 Å². The van der Waals surface area contributed by atoms with Crippen LogP contribution in [0.5, 0.6) is 0 Å². The normalized spacial score (nSPS) is 18.1. The van der Waals surface area contributed by atoms with Gasteiger partial charge in [-0.15, -0.1) is 0 Å². The third-order valence-corrected chi connectivity index (χ3v) is 5.56. The first-order chi connectivity index (χ1) is 14.3. The van der Waals surface area contributed by atoms with Gasteiger partial charge in [-0.2, -0.15) is 0 Å². The highest BCUT2D eigenvalue weighted by Gasteiger charge is 2.35. The summed E-state index contributed by atoms with van der Waals surface area (Å²) >= 11 is 0. The molecule has 9 heteroatoms. The number of amides is 3. The Balaban J connectivity index is 2.73. The van der Waals surface area contributed by atoms with Crippen molar-refractivity contribution >= 4 is 23.9 Å². The average Bonchev–Trinajstić information content (AvgIpc) is 2.67. The van der Waals surface area contributed by atoms with Crippen molar-refractivity contribution < 1.29 is 29.0 Å². The molecule has 0 aromatic carbocycles. The van der Waals surface area contributed by atoms with E-state index < -0.39 is 29.7 Å². The summed E-state index contributed by atoms with van der Waals surface area (Å²) in [6.07, 6.45) is 0.967. The second-order valence-electron chi connectivity index (χ2n) is 9.68. The van der Waals surface area contributed by atoms with Gasteiger partial charge in [0.15, 0.2) is 0 Å². The van der Waals surface area contributed by atoms with Crippen molar-refractivity contribution in [3.8, 4) is 0 Å². The number of likely N-dealkylation sites (tertiary alicyclic amines) is 1. The first-order valence-corrected chi connectivity index (χ1v) is 11.1. The summed E-state index contributed by atoms with van der Waals surface area (Å²) in [6, 6.07) is -1.64. The molecule has 9 nitrogen and oxygen atoms in total. The minimum atomic E-state index is -1.06. The number of carboxylic acids is 1. The minimum Gasteiger partial charge on any atom is -0.480 e. The molecule has 31 heavy (non-hydrogen) atoms. The Morgan fingerprint density at radius 2 is 1.58 bits per heavy atom. The molecule has 1 heterocycles. The number of carbonyl (C=O) groups excluding carboxylic acids is 3. The van der Waals surface area contributed by atoms with Crippen LogP contribution in [0.25, 0.3) is 0 Å². The predicted molar refractivity (Wildman–Crippen MR) is 116 cm³/mol. The molecule has 3 amide bonds. The highest BCUT2D eigenvalue weighted by Crippen LogP contribution is 2.21. The predicted octanol–water partition coefficient (Wildman–Crippen LogP) is 2.39. The quantitative estimate of drug-likeness (QED) is 0.531. The van der Waals surface area contributed by atoms with Gasteiger partial charge < -0.3 is 25.4 Å². The van der Waals surface area contributed by atoms with Crippen LogP contribution in [0.1, 0.15) is 67.7 Å². The van der Waals surface area contributed by atoms with Crippen LogP contribution in [0.3, 0.4) is 0 Å². The Morgan fingerprint density at radius 3 is 2.00 bits per heavy atom. The van der Waals surface area contributed by atoms with Crippen molar-refractivity contribution in [2.75, 3.05) is 13.1 Å². The van der Waals surface area contributed by atoms with Crippen LogP contribution < -0.4 is 10.6 Å². The lowest BCUT2D eigenvalue weighted by Gasteiger charge is -2.36. The zero-order valence-corrected chi connectivity index (χ0v) is 19.9. The van der Waals surface area contributed by atoms with Gasteiger partial charge in [0.25, 0.3) is 0 Å². The molecule has 0 aromatic heterocycles. The van der Waals surface area contributed by atoms with Gasteiger partial charge in [0.1, 0.15) is 17.7 Å². The zero-order chi connectivity index (χ0) is 23.9. The molecule has 0 bridgehead atoms. The van der Waals surface area contributed by atoms with Crippen molar-refractivity contribution in [1.82, 2.24) is 15.5 Å². The molecule has 0 spiro atoms. The van der Waals surface area contributed by atoms with E-state index in [9.17, 15) is 24.3 Å². The summed E-state index contributed by atoms with van der Waals surface area (Å²) in [5.74, 6) is -2.18. The van der Waals surface area contributed by atoms with Crippen molar-refractivity contribution in [2.45, 2.75) is 85.4 Å². The van der Waals surface area contributed by atoms with Crippen LogP contribution in [0.2, 0.25) is 0 Å². The lowest BCUT2D eigenvalue weighted by Crippen LogP contribution is -2.55. The van der Waals surface area contributed by atoms with Gasteiger partial charge in [0.2, 0.25) is 11.8 Å². The molecule has 178 valence electrons. The van der Waals surface area contributed by atoms with Crippen molar-refractivity contribution in [1.29, 1.82) is 0 Å². The Labute approximate surface area is 185 Å². The molecule has 0 radical (unpaired) electrons. The third-order valence-electron chi connectivity index (χ3n) is 5.56. The molecular weight excluding hydrogens is 402 g/mol. The van der Waals surface area contributed by atoms with E-state index >= 15 is 0 Å². The smallest absolute Gasteiger partial charge is 0.408 e. The molecular formula is C22H39N3O6. The SMILES string of the molecule is CC[C@@H](C)[C@H](NC(=O)OC(C)(C)C)C(=O)N1CCC(C(=O)N[C@H](C(=O)O)C(C)C)CC1. The number of nitrogens with one attached hydrogen (secondary N) is 2. The lowest BCUT2D eigenvalue weighted by atomic mass is 9.92. The first kappa shape index (κ1) is 26.7. The Morgan fingerprint density at radius 1 is 1.03 bits per heavy atom. The van der Waals surface area contributed by atoms with E-state index in [0.717, 1.165) is 0 Å². The summed E-state index contributed by atoms with van der Waals surface area (Å²) in [7, 11) is 0. The maximum Gasteiger partial charge on any atom is 0.408 e. The van der Waals surface area contributed by atoms with E-state index in [4.69, 9.17) is 4.74 Å². The van der Waals surface area contributed by atoms with Crippen molar-refractivity contribution in [3.05, 3.63) is 0 Å². The highest BCUT2D eigenvalue weighted by molar-refractivity contribution is 5.87. The topological polar surface area (TPSA) is 125 Å². The van der Waals surface area contributed by atoms with Crippen LogP contribution in [0.4, 0.5) is 4.79 Å². The zero-order valence-electron chi connectivity index (χ0n) is 19.9. The van der Waals surface area contributed by atoms with E-state index in [1.165, 1.54) is 0 Å². The summed E-state index contributed by atoms with van der Waals surface area (Å²) in [6.45, 7) is 13.4. The van der Waals surface area contributed by atoms with Crippen molar-refractivity contribution in [2.24, 2.45) is 17.8 Å². The molecule has 3 atom stereocenters. The number of hydrogen-bond donors (Lipinski definition) is 3. The maximum absolute atomic E-state index is 13.1. The maximum atomic E-state index is 13.1. The van der Waals surface area contributed by atoms with Crippen LogP contribution in [0, 0.1) is 17.8 Å². The van der Waals surface area contributed by atoms with Gasteiger partial charge in [-0.3, -0.25) is 9.59 Å². The molecule has 1 aliphatic rings. The van der Waals surface area contributed by atoms with Crippen LogP contribution >= 0.6 is 0 Å². The molecule has 0 unspecified atom stereocenters. The largest absolute Gasteiger partial charge is 0.480 e. The highest BCUT2D eigenvalue weighted by atomic mass is 16.6. The van der Waals surface area contributed by atoms with Crippen LogP contribution in [-0.4, -0.2) is 64.7 Å². The Hall–Kier alpha value is -2.32. The number of piperidine rings is 1. The number of hydrogen-bond acceptors (Lipinski definition) is 5. The molecule has 0 saturated carbocycles. The van der Waals surface area contributed by atoms with Crippen LogP contribution in [-0.2, 0) is 19.1 Å². The number of alkyl carbamates (subject to hydrolysis) is 1. The number of aliphatic carboxylic acids is 1. The molecule has 1 rings (SSSR count). The first-order valence-electron chi connectivity index (χ1n) is 11.1. The van der Waals surface area contributed by atoms with Crippen molar-refractivity contribution in [3.63, 3.8) is 0 Å². The molecule has 1 aliphatic heterocycles. The van der Waals surface area contributed by atoms with E-state index in [2.05, 4.69) is 10.6 Å². The monoisotopic (exact) mass is 441 g/mol. The number of carbonyl (C=O) groups is 4. The van der Waals surface area contributed by atoms with E-state index in [1.54, 1.807) is 39.5 Å². The number of rotatable bonds is 8. The second-order valence-corrected chi connectivity index (χ2v) is 9.68. The molecule has 1 fully saturated rings. The molecule has 0 aliphatic carbocycles. The fourth-order valence-electron chi connectivity index (χ4n) is 3.46. The molecule has 1 saturated heterocycles. The third kappa shape index (κ3) is 8.38. The van der Waals surface area contributed by atoms with Gasteiger partial charge in [0.05, 0.1) is 0 Å². The second kappa shape index (κ2) is 11.3. The lowest BCUT2D eigenvalue weighted by molar-refractivity contribution is -0.144. The fraction of sp³-hybridized carbons (Fsp3) is 0.818. The van der Waals surface area contributed by atoms with Gasteiger partial charge >= 0.3 is 12.1 Å². The number of nitrogens with zero attached hydrogens (tertiary/aromatic N) is 1. The number of carboxylic acid groups (broad SMARTS) is 1. The van der Waals surface area contributed by atoms with Gasteiger partial charge in [-0.1, -0.05) is 34.1 Å². The average molecular weight is 442 g/mol. The van der Waals surface area contributed by atoms with Gasteiger partial charge in [0, 0.05) is 19.0 Å². The van der Waals surface area contributed by atoms with Gasteiger partial charge in [-0.25, -0.2) is 9.59 Å². The summed E-state index contributed by atoms with van der Waals surface area (Å²) < 4.78 is 5.30.